The number of benzene rings is 2. The number of pyridine rings is 1. The normalized spacial score (nSPS) is 15.9. The number of halogens is 3. The SMILES string of the molecule is CC(C)(C)OC(=O)N1CCC(N(c2ccc(F)c(Cl)c2)c2ccc(-c3ccc(F)cc3)cn2)C1. The monoisotopic (exact) mass is 485 g/mol. The van der Waals surface area contributed by atoms with E-state index in [4.69, 9.17) is 16.3 Å². The molecule has 1 amide bonds. The summed E-state index contributed by atoms with van der Waals surface area (Å²) in [6, 6.07) is 14.4. The predicted octanol–water partition coefficient (Wildman–Crippen LogP) is 6.83. The number of carbonyl (C=O) groups excluding carboxylic acids is 1. The van der Waals surface area contributed by atoms with Gasteiger partial charge in [0.1, 0.15) is 23.1 Å². The fraction of sp³-hybridized carbons (Fsp3) is 0.308. The van der Waals surface area contributed by atoms with Crippen LogP contribution in [0.15, 0.2) is 60.8 Å². The number of anilines is 2. The molecular weight excluding hydrogens is 460 g/mol. The molecule has 8 heteroatoms. The van der Waals surface area contributed by atoms with Crippen molar-refractivity contribution in [3.63, 3.8) is 0 Å². The number of carbonyl (C=O) groups is 1. The molecule has 178 valence electrons. The standard InChI is InChI=1S/C26H26ClF2N3O2/c1-26(2,3)34-25(33)31-13-12-21(16-31)32(20-9-10-23(29)22(27)14-20)24-11-6-18(15-30-24)17-4-7-19(28)8-5-17/h4-11,14-15,21H,12-13,16H2,1-3H3. The van der Waals surface area contributed by atoms with Crippen LogP contribution in [-0.4, -0.2) is 40.7 Å². The van der Waals surface area contributed by atoms with Crippen molar-refractivity contribution in [2.75, 3.05) is 18.0 Å². The Bertz CT molecular complexity index is 1160. The number of hydrogen-bond donors (Lipinski definition) is 0. The summed E-state index contributed by atoms with van der Waals surface area (Å²) in [6.45, 7) is 6.44. The summed E-state index contributed by atoms with van der Waals surface area (Å²) in [4.78, 5) is 20.9. The van der Waals surface area contributed by atoms with E-state index in [1.807, 2.05) is 37.8 Å². The van der Waals surface area contributed by atoms with Gasteiger partial charge in [-0.3, -0.25) is 0 Å². The molecule has 0 N–H and O–H groups in total. The number of aromatic nitrogens is 1. The van der Waals surface area contributed by atoms with Crippen LogP contribution in [0.25, 0.3) is 11.1 Å². The Morgan fingerprint density at radius 3 is 2.41 bits per heavy atom. The first-order valence-electron chi connectivity index (χ1n) is 11.0. The molecule has 3 aromatic rings. The Labute approximate surface area is 202 Å². The lowest BCUT2D eigenvalue weighted by Gasteiger charge is -2.31. The van der Waals surface area contributed by atoms with E-state index in [0.29, 0.717) is 31.0 Å². The van der Waals surface area contributed by atoms with Crippen LogP contribution in [0.4, 0.5) is 25.1 Å². The average molecular weight is 486 g/mol. The number of nitrogens with zero attached hydrogens (tertiary/aromatic N) is 3. The maximum atomic E-state index is 13.9. The molecule has 1 fully saturated rings. The van der Waals surface area contributed by atoms with E-state index in [1.54, 1.807) is 35.4 Å². The molecule has 1 saturated heterocycles. The highest BCUT2D eigenvalue weighted by Gasteiger charge is 2.34. The van der Waals surface area contributed by atoms with Crippen molar-refractivity contribution >= 4 is 29.2 Å². The third kappa shape index (κ3) is 5.47. The molecule has 1 aromatic heterocycles. The molecule has 0 saturated carbocycles. The fourth-order valence-electron chi connectivity index (χ4n) is 3.95. The van der Waals surface area contributed by atoms with Crippen LogP contribution in [0.1, 0.15) is 27.2 Å². The molecule has 1 aliphatic heterocycles. The minimum atomic E-state index is -0.586. The number of amides is 1. The third-order valence-corrected chi connectivity index (χ3v) is 5.82. The lowest BCUT2D eigenvalue weighted by atomic mass is 10.1. The molecular formula is C26H26ClF2N3O2. The zero-order valence-corrected chi connectivity index (χ0v) is 20.0. The van der Waals surface area contributed by atoms with Gasteiger partial charge in [0.2, 0.25) is 0 Å². The second-order valence-electron chi connectivity index (χ2n) is 9.25. The molecule has 0 radical (unpaired) electrons. The van der Waals surface area contributed by atoms with Gasteiger partial charge in [0.05, 0.1) is 11.1 Å². The molecule has 0 spiro atoms. The maximum Gasteiger partial charge on any atom is 0.410 e. The lowest BCUT2D eigenvalue weighted by molar-refractivity contribution is 0.0293. The van der Waals surface area contributed by atoms with Crippen molar-refractivity contribution in [1.82, 2.24) is 9.88 Å². The molecule has 1 aliphatic rings. The highest BCUT2D eigenvalue weighted by Crippen LogP contribution is 2.34. The molecule has 34 heavy (non-hydrogen) atoms. The summed E-state index contributed by atoms with van der Waals surface area (Å²) in [5.41, 5.74) is 1.76. The number of likely N-dealkylation sites (tertiary alicyclic amines) is 1. The van der Waals surface area contributed by atoms with Crippen LogP contribution in [0, 0.1) is 11.6 Å². The van der Waals surface area contributed by atoms with E-state index in [1.165, 1.54) is 18.2 Å². The predicted molar refractivity (Wildman–Crippen MR) is 129 cm³/mol. The van der Waals surface area contributed by atoms with Gasteiger partial charge < -0.3 is 14.5 Å². The van der Waals surface area contributed by atoms with Crippen molar-refractivity contribution in [2.45, 2.75) is 38.8 Å². The summed E-state index contributed by atoms with van der Waals surface area (Å²) in [5, 5.41) is 0.00688. The van der Waals surface area contributed by atoms with Gasteiger partial charge in [-0.05, 0) is 75.2 Å². The summed E-state index contributed by atoms with van der Waals surface area (Å²) in [7, 11) is 0. The Kier molecular flexibility index (Phi) is 6.75. The van der Waals surface area contributed by atoms with Crippen molar-refractivity contribution in [2.24, 2.45) is 0 Å². The van der Waals surface area contributed by atoms with Gasteiger partial charge in [0, 0.05) is 30.5 Å². The smallest absolute Gasteiger partial charge is 0.410 e. The molecule has 4 rings (SSSR count). The van der Waals surface area contributed by atoms with Gasteiger partial charge in [-0.2, -0.15) is 0 Å². The Morgan fingerprint density at radius 1 is 1.09 bits per heavy atom. The molecule has 1 atom stereocenters. The molecule has 1 unspecified atom stereocenters. The lowest BCUT2D eigenvalue weighted by Crippen LogP contribution is -2.39. The van der Waals surface area contributed by atoms with Crippen molar-refractivity contribution in [1.29, 1.82) is 0 Å². The van der Waals surface area contributed by atoms with Crippen molar-refractivity contribution in [3.05, 3.63) is 77.5 Å². The molecule has 0 bridgehead atoms. The zero-order valence-electron chi connectivity index (χ0n) is 19.3. The summed E-state index contributed by atoms with van der Waals surface area (Å²) in [5.74, 6) is -0.181. The Balaban J connectivity index is 1.63. The first-order chi connectivity index (χ1) is 16.1. The first-order valence-corrected chi connectivity index (χ1v) is 11.4. The summed E-state index contributed by atoms with van der Waals surface area (Å²) >= 11 is 6.08. The van der Waals surface area contributed by atoms with Crippen LogP contribution < -0.4 is 4.90 Å². The van der Waals surface area contributed by atoms with E-state index < -0.39 is 11.4 Å². The third-order valence-electron chi connectivity index (χ3n) is 5.53. The Morgan fingerprint density at radius 2 is 1.79 bits per heavy atom. The summed E-state index contributed by atoms with van der Waals surface area (Å²) in [6.07, 6.45) is 2.02. The summed E-state index contributed by atoms with van der Waals surface area (Å²) < 4.78 is 32.7. The average Bonchev–Trinajstić information content (AvgIpc) is 3.26. The largest absolute Gasteiger partial charge is 0.444 e. The fourth-order valence-corrected chi connectivity index (χ4v) is 4.13. The highest BCUT2D eigenvalue weighted by atomic mass is 35.5. The van der Waals surface area contributed by atoms with Gasteiger partial charge in [-0.25, -0.2) is 18.6 Å². The van der Waals surface area contributed by atoms with Gasteiger partial charge in [0.15, 0.2) is 0 Å². The molecule has 2 heterocycles. The molecule has 0 aliphatic carbocycles. The van der Waals surface area contributed by atoms with Crippen LogP contribution in [-0.2, 0) is 4.74 Å². The second kappa shape index (κ2) is 9.58. The van der Waals surface area contributed by atoms with Crippen LogP contribution in [0.5, 0.6) is 0 Å². The van der Waals surface area contributed by atoms with Crippen molar-refractivity contribution in [3.8, 4) is 11.1 Å². The van der Waals surface area contributed by atoms with Gasteiger partial charge >= 0.3 is 6.09 Å². The van der Waals surface area contributed by atoms with Gasteiger partial charge in [-0.1, -0.05) is 23.7 Å². The topological polar surface area (TPSA) is 45.7 Å². The van der Waals surface area contributed by atoms with E-state index in [2.05, 4.69) is 4.98 Å². The minimum absolute atomic E-state index is 0.00688. The van der Waals surface area contributed by atoms with Crippen LogP contribution in [0.3, 0.4) is 0 Å². The first kappa shape index (κ1) is 24.0. The zero-order chi connectivity index (χ0) is 24.5. The molecule has 2 aromatic carbocycles. The Hall–Kier alpha value is -3.19. The number of hydrogen-bond acceptors (Lipinski definition) is 4. The minimum Gasteiger partial charge on any atom is -0.444 e. The van der Waals surface area contributed by atoms with E-state index in [9.17, 15) is 13.6 Å². The van der Waals surface area contributed by atoms with Crippen LogP contribution >= 0.6 is 11.6 Å². The van der Waals surface area contributed by atoms with E-state index in [0.717, 1.165) is 11.1 Å². The maximum absolute atomic E-state index is 13.9. The van der Waals surface area contributed by atoms with Gasteiger partial charge in [0.25, 0.3) is 0 Å². The van der Waals surface area contributed by atoms with Crippen molar-refractivity contribution < 1.29 is 18.3 Å². The van der Waals surface area contributed by atoms with Crippen LogP contribution in [0.2, 0.25) is 5.02 Å². The van der Waals surface area contributed by atoms with Gasteiger partial charge in [-0.15, -0.1) is 0 Å². The highest BCUT2D eigenvalue weighted by molar-refractivity contribution is 6.31. The molecule has 5 nitrogen and oxygen atoms in total. The second-order valence-corrected chi connectivity index (χ2v) is 9.66. The number of rotatable bonds is 4. The van der Waals surface area contributed by atoms with E-state index >= 15 is 0 Å². The quantitative estimate of drug-likeness (QED) is 0.406. The number of ether oxygens (including phenoxy) is 1. The van der Waals surface area contributed by atoms with E-state index in [-0.39, 0.29) is 23.0 Å².